The van der Waals surface area contributed by atoms with Crippen LogP contribution in [0.1, 0.15) is 16.8 Å². The van der Waals surface area contributed by atoms with Gasteiger partial charge in [0.25, 0.3) is 0 Å². The fourth-order valence-corrected chi connectivity index (χ4v) is 4.51. The Bertz CT molecular complexity index is 1680. The second-order valence-corrected chi connectivity index (χ2v) is 10.4. The SMILES string of the molecule is Cn1nc(C(F)(F)F)cc1-c1ccc(OCc2ccc(Cl)cc2)c(-c2ccc(Cl)c(C(F)(F)F)c2)c1OC(=O)NCC(O)CO. The van der Waals surface area contributed by atoms with Gasteiger partial charge in [0.1, 0.15) is 12.4 Å². The Hall–Kier alpha value is -3.98. The van der Waals surface area contributed by atoms with Crippen LogP contribution in [0, 0.1) is 0 Å². The Morgan fingerprint density at radius 3 is 2.29 bits per heavy atom. The summed E-state index contributed by atoms with van der Waals surface area (Å²) >= 11 is 11.8. The highest BCUT2D eigenvalue weighted by Crippen LogP contribution is 2.48. The molecule has 4 aromatic rings. The lowest BCUT2D eigenvalue weighted by Crippen LogP contribution is -2.35. The molecule has 1 amide bonds. The van der Waals surface area contributed by atoms with Crippen LogP contribution >= 0.6 is 23.2 Å². The number of amides is 1. The van der Waals surface area contributed by atoms with Gasteiger partial charge in [0.2, 0.25) is 0 Å². The summed E-state index contributed by atoms with van der Waals surface area (Å²) in [6.07, 6.45) is -12.4. The van der Waals surface area contributed by atoms with E-state index in [0.717, 1.165) is 10.7 Å². The van der Waals surface area contributed by atoms with E-state index in [1.54, 1.807) is 24.3 Å². The van der Waals surface area contributed by atoms with Crippen molar-refractivity contribution in [3.63, 3.8) is 0 Å². The second-order valence-electron chi connectivity index (χ2n) is 9.57. The number of hydrogen-bond acceptors (Lipinski definition) is 6. The zero-order valence-corrected chi connectivity index (χ0v) is 24.5. The van der Waals surface area contributed by atoms with Crippen molar-refractivity contribution in [3.05, 3.63) is 87.5 Å². The molecule has 4 rings (SSSR count). The third-order valence-electron chi connectivity index (χ3n) is 6.32. The summed E-state index contributed by atoms with van der Waals surface area (Å²) in [5.41, 5.74) is -2.76. The molecule has 1 unspecified atom stereocenters. The summed E-state index contributed by atoms with van der Waals surface area (Å²) in [5.74, 6) is -0.604. The molecular weight excluding hydrogens is 655 g/mol. The number of aromatic nitrogens is 2. The first-order valence-electron chi connectivity index (χ1n) is 12.9. The van der Waals surface area contributed by atoms with Crippen molar-refractivity contribution in [2.75, 3.05) is 13.2 Å². The standard InChI is InChI=1S/C29H23Cl2F6N3O5/c1-40-22(11-24(39-40)29(35,36)37)19-7-9-23(44-14-15-2-5-17(30)6-3-15)25(26(19)45-27(43)38-12-18(42)13-41)16-4-8-21(31)20(10-16)28(32,33)34/h2-11,18,41-42H,12-14H2,1H3,(H,38,43). The van der Waals surface area contributed by atoms with Gasteiger partial charge in [-0.2, -0.15) is 31.4 Å². The van der Waals surface area contributed by atoms with Crippen molar-refractivity contribution in [2.45, 2.75) is 25.1 Å². The smallest absolute Gasteiger partial charge is 0.435 e. The van der Waals surface area contributed by atoms with E-state index in [1.165, 1.54) is 25.2 Å². The van der Waals surface area contributed by atoms with Crippen LogP contribution in [0.3, 0.4) is 0 Å². The van der Waals surface area contributed by atoms with Gasteiger partial charge in [-0.25, -0.2) is 4.79 Å². The number of aliphatic hydroxyl groups excluding tert-OH is 2. The van der Waals surface area contributed by atoms with Crippen molar-refractivity contribution in [1.82, 2.24) is 15.1 Å². The Balaban J connectivity index is 1.96. The van der Waals surface area contributed by atoms with E-state index in [9.17, 15) is 36.2 Å². The first-order chi connectivity index (χ1) is 21.1. The number of carbonyl (C=O) groups is 1. The van der Waals surface area contributed by atoms with Crippen LogP contribution in [-0.4, -0.2) is 45.3 Å². The summed E-state index contributed by atoms with van der Waals surface area (Å²) in [6, 6.07) is 12.5. The summed E-state index contributed by atoms with van der Waals surface area (Å²) in [4.78, 5) is 12.9. The summed E-state index contributed by atoms with van der Waals surface area (Å²) in [7, 11) is 1.20. The van der Waals surface area contributed by atoms with Gasteiger partial charge in [0, 0.05) is 24.2 Å². The number of nitrogens with one attached hydrogen (secondary N) is 1. The van der Waals surface area contributed by atoms with Crippen LogP contribution in [0.15, 0.2) is 60.7 Å². The molecule has 45 heavy (non-hydrogen) atoms. The molecule has 0 saturated carbocycles. The fourth-order valence-electron chi connectivity index (χ4n) is 4.16. The molecule has 1 atom stereocenters. The number of benzene rings is 3. The van der Waals surface area contributed by atoms with Crippen LogP contribution in [0.25, 0.3) is 22.4 Å². The van der Waals surface area contributed by atoms with Crippen LogP contribution in [-0.2, 0) is 26.0 Å². The van der Waals surface area contributed by atoms with E-state index in [0.29, 0.717) is 22.7 Å². The van der Waals surface area contributed by atoms with Crippen molar-refractivity contribution in [2.24, 2.45) is 7.05 Å². The maximum Gasteiger partial charge on any atom is 0.435 e. The first-order valence-corrected chi connectivity index (χ1v) is 13.6. The maximum atomic E-state index is 13.9. The van der Waals surface area contributed by atoms with Gasteiger partial charge >= 0.3 is 18.4 Å². The highest BCUT2D eigenvalue weighted by atomic mass is 35.5. The fraction of sp³-hybridized carbons (Fsp3) is 0.241. The number of aryl methyl sites for hydroxylation is 1. The molecule has 0 fully saturated rings. The van der Waals surface area contributed by atoms with Gasteiger partial charge in [0.15, 0.2) is 11.4 Å². The second kappa shape index (κ2) is 13.6. The average Bonchev–Trinajstić information content (AvgIpc) is 3.37. The van der Waals surface area contributed by atoms with E-state index in [2.05, 4.69) is 10.4 Å². The minimum absolute atomic E-state index is 0.111. The van der Waals surface area contributed by atoms with Crippen molar-refractivity contribution >= 4 is 29.3 Å². The highest BCUT2D eigenvalue weighted by Gasteiger charge is 2.36. The van der Waals surface area contributed by atoms with Gasteiger partial charge in [-0.3, -0.25) is 4.68 Å². The third-order valence-corrected chi connectivity index (χ3v) is 6.90. The van der Waals surface area contributed by atoms with E-state index >= 15 is 0 Å². The Morgan fingerprint density at radius 1 is 1.00 bits per heavy atom. The molecule has 240 valence electrons. The van der Waals surface area contributed by atoms with Crippen LogP contribution in [0.2, 0.25) is 10.0 Å². The van der Waals surface area contributed by atoms with E-state index in [-0.39, 0.29) is 34.7 Å². The zero-order valence-electron chi connectivity index (χ0n) is 23.0. The quantitative estimate of drug-likeness (QED) is 0.163. The minimum Gasteiger partial charge on any atom is -0.488 e. The molecule has 3 N–H and O–H groups in total. The lowest BCUT2D eigenvalue weighted by atomic mass is 9.96. The van der Waals surface area contributed by atoms with Crippen LogP contribution in [0.4, 0.5) is 31.1 Å². The predicted octanol–water partition coefficient (Wildman–Crippen LogP) is 7.12. The Kier molecular flexibility index (Phi) is 10.2. The molecule has 1 heterocycles. The molecule has 0 aliphatic carbocycles. The van der Waals surface area contributed by atoms with Crippen molar-refractivity contribution in [3.8, 4) is 33.9 Å². The maximum absolute atomic E-state index is 13.9. The number of carbonyl (C=O) groups excluding carboxylic acids is 1. The lowest BCUT2D eigenvalue weighted by Gasteiger charge is -2.21. The number of halogens is 8. The van der Waals surface area contributed by atoms with Crippen molar-refractivity contribution < 1.29 is 50.8 Å². The lowest BCUT2D eigenvalue weighted by molar-refractivity contribution is -0.141. The Morgan fingerprint density at radius 2 is 1.69 bits per heavy atom. The van der Waals surface area contributed by atoms with Gasteiger partial charge in [0.05, 0.1) is 34.6 Å². The normalized spacial score (nSPS) is 12.6. The number of hydrogen-bond donors (Lipinski definition) is 3. The molecule has 0 saturated heterocycles. The number of alkyl halides is 6. The molecule has 0 aliphatic heterocycles. The summed E-state index contributed by atoms with van der Waals surface area (Å²) in [6.45, 7) is -1.34. The number of aliphatic hydroxyl groups is 2. The average molecular weight is 678 g/mol. The first kappa shape index (κ1) is 33.9. The van der Waals surface area contributed by atoms with Gasteiger partial charge < -0.3 is 25.0 Å². The van der Waals surface area contributed by atoms with Crippen molar-refractivity contribution in [1.29, 1.82) is 0 Å². The molecule has 8 nitrogen and oxygen atoms in total. The van der Waals surface area contributed by atoms with Crippen LogP contribution in [0.5, 0.6) is 11.5 Å². The van der Waals surface area contributed by atoms with Gasteiger partial charge in [-0.1, -0.05) is 41.4 Å². The molecule has 16 heteroatoms. The third kappa shape index (κ3) is 8.19. The zero-order chi connectivity index (χ0) is 33.1. The molecule has 0 radical (unpaired) electrons. The molecule has 3 aromatic carbocycles. The number of ether oxygens (including phenoxy) is 2. The highest BCUT2D eigenvalue weighted by molar-refractivity contribution is 6.31. The predicted molar refractivity (Wildman–Crippen MR) is 152 cm³/mol. The molecule has 0 spiro atoms. The minimum atomic E-state index is -4.91. The molecule has 0 aliphatic rings. The number of rotatable bonds is 9. The van der Waals surface area contributed by atoms with E-state index in [4.69, 9.17) is 37.8 Å². The molecule has 1 aromatic heterocycles. The monoisotopic (exact) mass is 677 g/mol. The molecular formula is C29H23Cl2F6N3O5. The van der Waals surface area contributed by atoms with Crippen LogP contribution < -0.4 is 14.8 Å². The summed E-state index contributed by atoms with van der Waals surface area (Å²) < 4.78 is 94.6. The van der Waals surface area contributed by atoms with Gasteiger partial charge in [-0.05, 0) is 53.6 Å². The topological polar surface area (TPSA) is 106 Å². The van der Waals surface area contributed by atoms with Gasteiger partial charge in [-0.15, -0.1) is 0 Å². The number of nitrogens with zero attached hydrogens (tertiary/aromatic N) is 2. The van der Waals surface area contributed by atoms with E-state index < -0.39 is 59.7 Å². The van der Waals surface area contributed by atoms with E-state index in [1.807, 2.05) is 0 Å². The Labute approximate surface area is 261 Å². The largest absolute Gasteiger partial charge is 0.488 e. The summed E-state index contributed by atoms with van der Waals surface area (Å²) in [5, 5.41) is 24.2. The molecule has 0 bridgehead atoms.